The van der Waals surface area contributed by atoms with Crippen LogP contribution in [0.3, 0.4) is 0 Å². The van der Waals surface area contributed by atoms with Gasteiger partial charge in [0.25, 0.3) is 0 Å². The number of hydrogen-bond acceptors (Lipinski definition) is 2. The van der Waals surface area contributed by atoms with Gasteiger partial charge in [-0.3, -0.25) is 4.79 Å². The zero-order chi connectivity index (χ0) is 10.1. The zero-order valence-electron chi connectivity index (χ0n) is 8.31. The number of fused-ring (bicyclic) bond motifs is 1. The molecule has 1 aromatic rings. The Bertz CT molecular complexity index is 378. The van der Waals surface area contributed by atoms with Gasteiger partial charge in [-0.2, -0.15) is 0 Å². The zero-order valence-corrected chi connectivity index (χ0v) is 8.31. The Morgan fingerprint density at radius 3 is 3.14 bits per heavy atom. The van der Waals surface area contributed by atoms with Crippen molar-refractivity contribution in [1.29, 1.82) is 0 Å². The molecule has 0 fully saturated rings. The molecule has 0 amide bonds. The molecule has 74 valence electrons. The molecule has 0 saturated heterocycles. The molecule has 2 heterocycles. The number of allylic oxidation sites excluding steroid dienone is 1. The molecule has 0 spiro atoms. The summed E-state index contributed by atoms with van der Waals surface area (Å²) in [6.45, 7) is 1.89. The molecule has 2 atom stereocenters. The smallest absolute Gasteiger partial charge is 0.309 e. The van der Waals surface area contributed by atoms with Crippen molar-refractivity contribution in [3.63, 3.8) is 0 Å². The van der Waals surface area contributed by atoms with Gasteiger partial charge in [-0.25, -0.2) is 0 Å². The van der Waals surface area contributed by atoms with Crippen LogP contribution in [0.2, 0.25) is 0 Å². The Kier molecular flexibility index (Phi) is 2.15. The summed E-state index contributed by atoms with van der Waals surface area (Å²) in [5.41, 5.74) is 1.16. The fourth-order valence-electron chi connectivity index (χ4n) is 1.86. The van der Waals surface area contributed by atoms with Crippen LogP contribution in [0.1, 0.15) is 18.5 Å². The number of methoxy groups -OCH3 is 1. The molecule has 0 saturated carbocycles. The van der Waals surface area contributed by atoms with Crippen LogP contribution < -0.4 is 0 Å². The van der Waals surface area contributed by atoms with Gasteiger partial charge >= 0.3 is 5.97 Å². The van der Waals surface area contributed by atoms with Gasteiger partial charge < -0.3 is 9.30 Å². The summed E-state index contributed by atoms with van der Waals surface area (Å²) in [6.07, 6.45) is 6.01. The van der Waals surface area contributed by atoms with E-state index in [1.54, 1.807) is 0 Å². The second-order valence-electron chi connectivity index (χ2n) is 3.52. The van der Waals surface area contributed by atoms with Crippen LogP contribution >= 0.6 is 0 Å². The third kappa shape index (κ3) is 1.25. The van der Waals surface area contributed by atoms with E-state index in [0.29, 0.717) is 0 Å². The first kappa shape index (κ1) is 9.06. The van der Waals surface area contributed by atoms with Crippen LogP contribution in [-0.2, 0) is 9.53 Å². The van der Waals surface area contributed by atoms with E-state index < -0.39 is 0 Å². The van der Waals surface area contributed by atoms with Crippen molar-refractivity contribution in [2.45, 2.75) is 12.8 Å². The van der Waals surface area contributed by atoms with Gasteiger partial charge in [-0.05, 0) is 12.1 Å². The van der Waals surface area contributed by atoms with E-state index in [2.05, 4.69) is 0 Å². The van der Waals surface area contributed by atoms with Crippen molar-refractivity contribution in [1.82, 2.24) is 4.57 Å². The number of nitrogens with zero attached hydrogens (tertiary/aromatic N) is 1. The lowest BCUT2D eigenvalue weighted by Gasteiger charge is -2.15. The number of rotatable bonds is 2. The SMILES string of the molecule is COC(=O)C(C)C1C=Cn2cccc21. The monoisotopic (exact) mass is 191 g/mol. The first-order valence-electron chi connectivity index (χ1n) is 4.67. The Morgan fingerprint density at radius 1 is 1.64 bits per heavy atom. The molecule has 1 aromatic heterocycles. The average Bonchev–Trinajstić information content (AvgIpc) is 2.76. The molecule has 1 aliphatic heterocycles. The predicted molar refractivity (Wildman–Crippen MR) is 53.7 cm³/mol. The van der Waals surface area contributed by atoms with Gasteiger partial charge in [0.05, 0.1) is 13.0 Å². The maximum Gasteiger partial charge on any atom is 0.309 e. The number of esters is 1. The summed E-state index contributed by atoms with van der Waals surface area (Å²) in [4.78, 5) is 11.4. The molecule has 0 bridgehead atoms. The summed E-state index contributed by atoms with van der Waals surface area (Å²) in [7, 11) is 1.43. The highest BCUT2D eigenvalue weighted by molar-refractivity contribution is 5.74. The first-order chi connectivity index (χ1) is 6.74. The van der Waals surface area contributed by atoms with E-state index >= 15 is 0 Å². The second-order valence-corrected chi connectivity index (χ2v) is 3.52. The molecule has 14 heavy (non-hydrogen) atoms. The molecule has 3 nitrogen and oxygen atoms in total. The lowest BCUT2D eigenvalue weighted by molar-refractivity contribution is -0.145. The van der Waals surface area contributed by atoms with E-state index in [1.165, 1.54) is 7.11 Å². The first-order valence-corrected chi connectivity index (χ1v) is 4.67. The Hall–Kier alpha value is -1.51. The Labute approximate surface area is 83.0 Å². The third-order valence-electron chi connectivity index (χ3n) is 2.72. The van der Waals surface area contributed by atoms with Crippen LogP contribution in [0.15, 0.2) is 24.4 Å². The largest absolute Gasteiger partial charge is 0.469 e. The van der Waals surface area contributed by atoms with Crippen molar-refractivity contribution >= 4 is 12.2 Å². The van der Waals surface area contributed by atoms with E-state index in [9.17, 15) is 4.79 Å². The lowest BCUT2D eigenvalue weighted by Crippen LogP contribution is -2.18. The number of carbonyl (C=O) groups is 1. The molecule has 0 aromatic carbocycles. The van der Waals surface area contributed by atoms with Crippen molar-refractivity contribution in [2.24, 2.45) is 5.92 Å². The molecule has 0 radical (unpaired) electrons. The molecular weight excluding hydrogens is 178 g/mol. The standard InChI is InChI=1S/C11H13NO2/c1-8(11(13)14-2)9-5-7-12-6-3-4-10(9)12/h3-9H,1-2H3. The lowest BCUT2D eigenvalue weighted by atomic mass is 9.92. The van der Waals surface area contributed by atoms with Gasteiger partial charge in [0.1, 0.15) is 0 Å². The normalized spacial score (nSPS) is 20.6. The van der Waals surface area contributed by atoms with E-state index in [1.807, 2.05) is 42.1 Å². The van der Waals surface area contributed by atoms with Gasteiger partial charge in [0.2, 0.25) is 0 Å². The van der Waals surface area contributed by atoms with Crippen LogP contribution in [0.5, 0.6) is 0 Å². The molecule has 2 rings (SSSR count). The molecule has 1 aliphatic rings. The van der Waals surface area contributed by atoms with Gasteiger partial charge in [-0.1, -0.05) is 13.0 Å². The van der Waals surface area contributed by atoms with Crippen LogP contribution in [0.25, 0.3) is 6.20 Å². The number of hydrogen-bond donors (Lipinski definition) is 0. The van der Waals surface area contributed by atoms with E-state index in [-0.39, 0.29) is 17.8 Å². The topological polar surface area (TPSA) is 31.2 Å². The van der Waals surface area contributed by atoms with Gasteiger partial charge in [-0.15, -0.1) is 0 Å². The number of carbonyl (C=O) groups excluding carboxylic acids is 1. The maximum atomic E-state index is 11.4. The van der Waals surface area contributed by atoms with Crippen molar-refractivity contribution < 1.29 is 9.53 Å². The highest BCUT2D eigenvalue weighted by Crippen LogP contribution is 2.32. The third-order valence-corrected chi connectivity index (χ3v) is 2.72. The number of ether oxygens (including phenoxy) is 1. The predicted octanol–water partition coefficient (Wildman–Crippen LogP) is 1.87. The van der Waals surface area contributed by atoms with Crippen molar-refractivity contribution in [3.05, 3.63) is 30.1 Å². The van der Waals surface area contributed by atoms with Crippen LogP contribution in [0, 0.1) is 5.92 Å². The quantitative estimate of drug-likeness (QED) is 0.668. The molecular formula is C11H13NO2. The van der Waals surface area contributed by atoms with Gasteiger partial charge in [0, 0.05) is 24.0 Å². The van der Waals surface area contributed by atoms with Crippen molar-refractivity contribution in [3.8, 4) is 0 Å². The van der Waals surface area contributed by atoms with E-state index in [0.717, 1.165) is 5.69 Å². The van der Waals surface area contributed by atoms with Crippen LogP contribution in [0.4, 0.5) is 0 Å². The van der Waals surface area contributed by atoms with Crippen LogP contribution in [-0.4, -0.2) is 17.6 Å². The minimum Gasteiger partial charge on any atom is -0.469 e. The summed E-state index contributed by atoms with van der Waals surface area (Å²) >= 11 is 0. The minimum absolute atomic E-state index is 0.118. The van der Waals surface area contributed by atoms with E-state index in [4.69, 9.17) is 4.74 Å². The fraction of sp³-hybridized carbons (Fsp3) is 0.364. The average molecular weight is 191 g/mol. The summed E-state index contributed by atoms with van der Waals surface area (Å²) in [6, 6.07) is 4.01. The second kappa shape index (κ2) is 3.33. The van der Waals surface area contributed by atoms with Gasteiger partial charge in [0.15, 0.2) is 0 Å². The molecule has 0 aliphatic carbocycles. The summed E-state index contributed by atoms with van der Waals surface area (Å²) < 4.78 is 6.77. The van der Waals surface area contributed by atoms with Crippen molar-refractivity contribution in [2.75, 3.05) is 7.11 Å². The maximum absolute atomic E-state index is 11.4. The Balaban J connectivity index is 2.23. The fourth-order valence-corrected chi connectivity index (χ4v) is 1.86. The molecule has 2 unspecified atom stereocenters. The Morgan fingerprint density at radius 2 is 2.43 bits per heavy atom. The molecule has 3 heteroatoms. The molecule has 0 N–H and O–H groups in total. The summed E-state index contributed by atoms with van der Waals surface area (Å²) in [5.74, 6) is -0.126. The highest BCUT2D eigenvalue weighted by Gasteiger charge is 2.28. The summed E-state index contributed by atoms with van der Waals surface area (Å²) in [5, 5.41) is 0. The minimum atomic E-state index is -0.158. The number of aromatic nitrogens is 1. The highest BCUT2D eigenvalue weighted by atomic mass is 16.5.